The Bertz CT molecular complexity index is 746. The standard InChI is InChI=1S/C30H54O3S.Li/c1-4-7-10-13-16-19-22-27-25-26-30(34(31,32)33)29(24-21-18-15-12-9-6-3)28(27)23-20-17-14-11-8-5-2;/h25-26H,4-24H2,1-3H3,(H,31,32,33);/q;+1/p-1. The number of hydrogen-bond acceptors (Lipinski definition) is 3. The van der Waals surface area contributed by atoms with Crippen LogP contribution in [0.15, 0.2) is 17.0 Å². The van der Waals surface area contributed by atoms with Crippen LogP contribution < -0.4 is 18.9 Å². The van der Waals surface area contributed by atoms with Crippen molar-refractivity contribution in [2.24, 2.45) is 0 Å². The molecule has 0 radical (unpaired) electrons. The first-order valence-electron chi connectivity index (χ1n) is 14.5. The smallest absolute Gasteiger partial charge is 0.744 e. The van der Waals surface area contributed by atoms with Crippen LogP contribution in [0.4, 0.5) is 0 Å². The van der Waals surface area contributed by atoms with Gasteiger partial charge in [-0.15, -0.1) is 0 Å². The molecule has 0 bridgehead atoms. The monoisotopic (exact) mass is 500 g/mol. The van der Waals surface area contributed by atoms with Gasteiger partial charge in [-0.1, -0.05) is 123 Å². The fourth-order valence-corrected chi connectivity index (χ4v) is 5.80. The summed E-state index contributed by atoms with van der Waals surface area (Å²) in [6.07, 6.45) is 24.5. The molecule has 0 aliphatic heterocycles. The van der Waals surface area contributed by atoms with Gasteiger partial charge in [0, 0.05) is 0 Å². The van der Waals surface area contributed by atoms with Crippen LogP contribution in [-0.4, -0.2) is 13.0 Å². The number of hydrogen-bond donors (Lipinski definition) is 0. The Morgan fingerprint density at radius 3 is 1.34 bits per heavy atom. The van der Waals surface area contributed by atoms with Gasteiger partial charge in [0.05, 0.1) is 4.90 Å². The van der Waals surface area contributed by atoms with Crippen molar-refractivity contribution in [3.05, 3.63) is 28.8 Å². The zero-order valence-corrected chi connectivity index (χ0v) is 24.5. The number of benzene rings is 1. The molecule has 3 nitrogen and oxygen atoms in total. The second-order valence-electron chi connectivity index (χ2n) is 10.2. The summed E-state index contributed by atoms with van der Waals surface area (Å²) in [5.41, 5.74) is 3.33. The Labute approximate surface area is 230 Å². The predicted molar refractivity (Wildman–Crippen MR) is 146 cm³/mol. The van der Waals surface area contributed by atoms with E-state index in [1.54, 1.807) is 6.07 Å². The Hall–Kier alpha value is -0.273. The van der Waals surface area contributed by atoms with Crippen LogP contribution in [0.1, 0.15) is 153 Å². The second-order valence-corrected chi connectivity index (χ2v) is 11.5. The first-order valence-corrected chi connectivity index (χ1v) is 16.0. The normalized spacial score (nSPS) is 11.5. The van der Waals surface area contributed by atoms with Gasteiger partial charge in [0.25, 0.3) is 0 Å². The topological polar surface area (TPSA) is 57.2 Å². The van der Waals surface area contributed by atoms with Crippen molar-refractivity contribution < 1.29 is 31.8 Å². The largest absolute Gasteiger partial charge is 1.00 e. The average molecular weight is 501 g/mol. The minimum atomic E-state index is -4.45. The summed E-state index contributed by atoms with van der Waals surface area (Å²) in [6, 6.07) is 3.57. The van der Waals surface area contributed by atoms with Crippen molar-refractivity contribution in [1.29, 1.82) is 0 Å². The fourth-order valence-electron chi connectivity index (χ4n) is 5.03. The minimum Gasteiger partial charge on any atom is -0.744 e. The van der Waals surface area contributed by atoms with Gasteiger partial charge in [-0.3, -0.25) is 0 Å². The average Bonchev–Trinajstić information content (AvgIpc) is 2.80. The second kappa shape index (κ2) is 21.8. The molecule has 1 aromatic rings. The van der Waals surface area contributed by atoms with Crippen molar-refractivity contribution in [2.75, 3.05) is 0 Å². The van der Waals surface area contributed by atoms with Crippen LogP contribution in [0, 0.1) is 0 Å². The van der Waals surface area contributed by atoms with E-state index in [0.717, 1.165) is 50.5 Å². The molecule has 1 aromatic carbocycles. The molecule has 0 N–H and O–H groups in total. The van der Waals surface area contributed by atoms with Crippen LogP contribution in [0.3, 0.4) is 0 Å². The van der Waals surface area contributed by atoms with E-state index in [-0.39, 0.29) is 23.8 Å². The van der Waals surface area contributed by atoms with Gasteiger partial charge in [0.2, 0.25) is 0 Å². The van der Waals surface area contributed by atoms with Crippen LogP contribution in [-0.2, 0) is 29.4 Å². The number of unbranched alkanes of at least 4 members (excludes halogenated alkanes) is 15. The van der Waals surface area contributed by atoms with Crippen LogP contribution in [0.2, 0.25) is 0 Å². The van der Waals surface area contributed by atoms with Gasteiger partial charge in [-0.2, -0.15) is 0 Å². The predicted octanol–water partition coefficient (Wildman–Crippen LogP) is 6.30. The van der Waals surface area contributed by atoms with Gasteiger partial charge in [-0.05, 0) is 61.3 Å². The van der Waals surface area contributed by atoms with Gasteiger partial charge >= 0.3 is 18.9 Å². The quantitative estimate of drug-likeness (QED) is 0.107. The van der Waals surface area contributed by atoms with Crippen molar-refractivity contribution in [1.82, 2.24) is 0 Å². The third-order valence-electron chi connectivity index (χ3n) is 7.11. The van der Waals surface area contributed by atoms with Gasteiger partial charge in [0.15, 0.2) is 0 Å². The van der Waals surface area contributed by atoms with Crippen molar-refractivity contribution in [3.8, 4) is 0 Å². The molecule has 198 valence electrons. The maximum Gasteiger partial charge on any atom is 1.00 e. The maximum absolute atomic E-state index is 12.1. The van der Waals surface area contributed by atoms with Gasteiger partial charge in [-0.25, -0.2) is 8.42 Å². The summed E-state index contributed by atoms with van der Waals surface area (Å²) in [5.74, 6) is 0. The van der Waals surface area contributed by atoms with E-state index in [0.29, 0.717) is 0 Å². The van der Waals surface area contributed by atoms with E-state index < -0.39 is 10.1 Å². The molecule has 0 aliphatic rings. The van der Waals surface area contributed by atoms with Crippen molar-refractivity contribution in [2.45, 2.75) is 161 Å². The molecule has 0 saturated carbocycles. The van der Waals surface area contributed by atoms with E-state index in [9.17, 15) is 13.0 Å². The Kier molecular flexibility index (Phi) is 21.6. The van der Waals surface area contributed by atoms with Crippen molar-refractivity contribution >= 4 is 10.1 Å². The molecule has 0 saturated heterocycles. The van der Waals surface area contributed by atoms with E-state index in [2.05, 4.69) is 20.8 Å². The molecule has 0 fully saturated rings. The van der Waals surface area contributed by atoms with Crippen LogP contribution >= 0.6 is 0 Å². The molecule has 0 amide bonds. The summed E-state index contributed by atoms with van der Waals surface area (Å²) in [7, 11) is -4.45. The Morgan fingerprint density at radius 2 is 0.914 bits per heavy atom. The third-order valence-corrected chi connectivity index (χ3v) is 8.04. The van der Waals surface area contributed by atoms with Gasteiger partial charge in [0.1, 0.15) is 10.1 Å². The zero-order chi connectivity index (χ0) is 25.1. The number of aryl methyl sites for hydroxylation is 1. The SMILES string of the molecule is CCCCCCCCc1ccc(S(=O)(=O)[O-])c(CCCCCCCC)c1CCCCCCCC.[Li+]. The zero-order valence-electron chi connectivity index (χ0n) is 23.6. The first kappa shape index (κ1) is 34.7. The molecule has 0 heterocycles. The van der Waals surface area contributed by atoms with Crippen LogP contribution in [0.5, 0.6) is 0 Å². The molecular formula is C30H53LiO3S. The molecule has 0 spiro atoms. The molecule has 0 atom stereocenters. The summed E-state index contributed by atoms with van der Waals surface area (Å²) >= 11 is 0. The van der Waals surface area contributed by atoms with Crippen LogP contribution in [0.25, 0.3) is 0 Å². The molecule has 0 unspecified atom stereocenters. The molecule has 35 heavy (non-hydrogen) atoms. The van der Waals surface area contributed by atoms with Gasteiger partial charge < -0.3 is 4.55 Å². The summed E-state index contributed by atoms with van der Waals surface area (Å²) in [5, 5.41) is 0. The van der Waals surface area contributed by atoms with E-state index in [4.69, 9.17) is 0 Å². The van der Waals surface area contributed by atoms with E-state index in [1.165, 1.54) is 101 Å². The molecule has 0 aromatic heterocycles. The number of rotatable bonds is 22. The molecule has 0 aliphatic carbocycles. The molecule has 1 rings (SSSR count). The van der Waals surface area contributed by atoms with Crippen molar-refractivity contribution in [3.63, 3.8) is 0 Å². The first-order chi connectivity index (χ1) is 16.5. The summed E-state index contributed by atoms with van der Waals surface area (Å²) < 4.78 is 36.4. The Morgan fingerprint density at radius 1 is 0.543 bits per heavy atom. The fraction of sp³-hybridized carbons (Fsp3) is 0.800. The maximum atomic E-state index is 12.1. The summed E-state index contributed by atoms with van der Waals surface area (Å²) in [6.45, 7) is 6.69. The molecular weight excluding hydrogens is 447 g/mol. The molecule has 5 heteroatoms. The van der Waals surface area contributed by atoms with E-state index in [1.807, 2.05) is 6.07 Å². The minimum absolute atomic E-state index is 0. The third kappa shape index (κ3) is 15.5. The van der Waals surface area contributed by atoms with E-state index >= 15 is 0 Å². The summed E-state index contributed by atoms with van der Waals surface area (Å²) in [4.78, 5) is 0.0498. The Balaban J connectivity index is 0.0000116.